The molecule has 0 aliphatic heterocycles. The first-order valence-corrected chi connectivity index (χ1v) is 7.73. The minimum absolute atomic E-state index is 0.284. The van der Waals surface area contributed by atoms with Gasteiger partial charge < -0.3 is 14.8 Å². The summed E-state index contributed by atoms with van der Waals surface area (Å²) >= 11 is 0. The summed E-state index contributed by atoms with van der Waals surface area (Å²) in [5.74, 6) is -0.857. The number of benzene rings is 2. The molecular weight excluding hydrogens is 322 g/mol. The van der Waals surface area contributed by atoms with E-state index in [1.165, 1.54) is 6.92 Å². The third-order valence-corrected chi connectivity index (χ3v) is 3.39. The van der Waals surface area contributed by atoms with E-state index in [9.17, 15) is 14.4 Å². The lowest BCUT2D eigenvalue weighted by atomic mass is 10.2. The van der Waals surface area contributed by atoms with E-state index in [0.29, 0.717) is 17.5 Å². The Balaban J connectivity index is 1.83. The van der Waals surface area contributed by atoms with Gasteiger partial charge in [0, 0.05) is 5.69 Å². The van der Waals surface area contributed by atoms with Crippen LogP contribution in [0.3, 0.4) is 0 Å². The largest absolute Gasteiger partial charge is 0.481 e. The van der Waals surface area contributed by atoms with Crippen LogP contribution >= 0.6 is 0 Å². The van der Waals surface area contributed by atoms with E-state index in [4.69, 9.17) is 9.47 Å². The minimum atomic E-state index is -0.973. The number of aryl methyl sites for hydroxylation is 1. The first-order valence-electron chi connectivity index (χ1n) is 7.73. The van der Waals surface area contributed by atoms with Crippen LogP contribution in [0.4, 0.5) is 5.69 Å². The Morgan fingerprint density at radius 3 is 2.48 bits per heavy atom. The number of amides is 1. The molecule has 2 aromatic carbocycles. The predicted molar refractivity (Wildman–Crippen MR) is 92.7 cm³/mol. The van der Waals surface area contributed by atoms with Crippen molar-refractivity contribution < 1.29 is 23.9 Å². The molecular formula is C19H19NO5. The number of carbonyl (C=O) groups is 3. The first-order chi connectivity index (χ1) is 12.0. The van der Waals surface area contributed by atoms with Gasteiger partial charge in [0.15, 0.2) is 19.0 Å². The van der Waals surface area contributed by atoms with E-state index in [0.717, 1.165) is 5.56 Å². The highest BCUT2D eigenvalue weighted by molar-refractivity contribution is 5.95. The highest BCUT2D eigenvalue weighted by Gasteiger charge is 2.18. The van der Waals surface area contributed by atoms with Crippen molar-refractivity contribution in [3.63, 3.8) is 0 Å². The van der Waals surface area contributed by atoms with Crippen molar-refractivity contribution in [1.29, 1.82) is 0 Å². The second-order valence-electron chi connectivity index (χ2n) is 5.43. The van der Waals surface area contributed by atoms with Gasteiger partial charge in [-0.05, 0) is 38.1 Å². The lowest BCUT2D eigenvalue weighted by Crippen LogP contribution is -2.31. The molecule has 0 fully saturated rings. The molecule has 2 aromatic rings. The van der Waals surface area contributed by atoms with Gasteiger partial charge in [0.05, 0.1) is 5.56 Å². The van der Waals surface area contributed by atoms with Crippen LogP contribution in [0.25, 0.3) is 0 Å². The van der Waals surface area contributed by atoms with Gasteiger partial charge in [-0.3, -0.25) is 9.59 Å². The number of nitrogens with one attached hydrogen (secondary N) is 1. The summed E-state index contributed by atoms with van der Waals surface area (Å²) in [5.41, 5.74) is 2.03. The summed E-state index contributed by atoms with van der Waals surface area (Å²) in [6.45, 7) is 3.02. The van der Waals surface area contributed by atoms with Gasteiger partial charge in [-0.25, -0.2) is 4.79 Å². The average Bonchev–Trinajstić information content (AvgIpc) is 2.62. The van der Waals surface area contributed by atoms with Gasteiger partial charge in [0.1, 0.15) is 5.75 Å². The monoisotopic (exact) mass is 341 g/mol. The molecule has 25 heavy (non-hydrogen) atoms. The standard InChI is InChI=1S/C19H19NO5/c1-13-7-9-16(10-8-13)20-19(23)14(2)25-18(22)12-24-17-6-4-3-5-15(17)11-21/h3-11,14H,12H2,1-2H3,(H,20,23)/t14-/m1/s1. The number of ether oxygens (including phenoxy) is 2. The van der Waals surface area contributed by atoms with Crippen LogP contribution in [0, 0.1) is 6.92 Å². The fourth-order valence-corrected chi connectivity index (χ4v) is 2.01. The smallest absolute Gasteiger partial charge is 0.344 e. The number of anilines is 1. The van der Waals surface area contributed by atoms with E-state index in [-0.39, 0.29) is 5.75 Å². The van der Waals surface area contributed by atoms with Crippen LogP contribution in [0.1, 0.15) is 22.8 Å². The molecule has 0 aromatic heterocycles. The zero-order valence-corrected chi connectivity index (χ0v) is 14.0. The molecule has 0 heterocycles. The van der Waals surface area contributed by atoms with Gasteiger partial charge in [0.25, 0.3) is 5.91 Å². The Morgan fingerprint density at radius 2 is 1.80 bits per heavy atom. The van der Waals surface area contributed by atoms with Crippen molar-refractivity contribution in [2.24, 2.45) is 0 Å². The molecule has 1 atom stereocenters. The molecule has 0 bridgehead atoms. The highest BCUT2D eigenvalue weighted by atomic mass is 16.6. The zero-order valence-electron chi connectivity index (χ0n) is 14.0. The molecule has 0 aliphatic rings. The van der Waals surface area contributed by atoms with Crippen LogP contribution in [-0.2, 0) is 14.3 Å². The number of hydrogen-bond acceptors (Lipinski definition) is 5. The van der Waals surface area contributed by atoms with Gasteiger partial charge in [0.2, 0.25) is 0 Å². The Hall–Kier alpha value is -3.15. The Bertz CT molecular complexity index is 755. The van der Waals surface area contributed by atoms with Crippen molar-refractivity contribution >= 4 is 23.9 Å². The quantitative estimate of drug-likeness (QED) is 0.618. The van der Waals surface area contributed by atoms with Crippen LogP contribution in [0.15, 0.2) is 48.5 Å². The van der Waals surface area contributed by atoms with Gasteiger partial charge >= 0.3 is 5.97 Å². The molecule has 130 valence electrons. The van der Waals surface area contributed by atoms with E-state index in [1.54, 1.807) is 36.4 Å². The van der Waals surface area contributed by atoms with E-state index >= 15 is 0 Å². The summed E-state index contributed by atoms with van der Waals surface area (Å²) in [6, 6.07) is 13.8. The highest BCUT2D eigenvalue weighted by Crippen LogP contribution is 2.15. The molecule has 1 N–H and O–H groups in total. The van der Waals surface area contributed by atoms with Crippen molar-refractivity contribution in [3.05, 3.63) is 59.7 Å². The Labute approximate surface area is 145 Å². The van der Waals surface area contributed by atoms with Crippen LogP contribution in [0.2, 0.25) is 0 Å². The van der Waals surface area contributed by atoms with Crippen molar-refractivity contribution in [1.82, 2.24) is 0 Å². The van der Waals surface area contributed by atoms with Crippen molar-refractivity contribution in [2.75, 3.05) is 11.9 Å². The SMILES string of the molecule is Cc1ccc(NC(=O)[C@@H](C)OC(=O)COc2ccccc2C=O)cc1. The zero-order chi connectivity index (χ0) is 18.2. The average molecular weight is 341 g/mol. The number of aldehydes is 1. The summed E-state index contributed by atoms with van der Waals surface area (Å²) < 4.78 is 10.3. The van der Waals surface area contributed by atoms with Gasteiger partial charge in [-0.1, -0.05) is 29.8 Å². The number of carbonyl (C=O) groups excluding carboxylic acids is 3. The summed E-state index contributed by atoms with van der Waals surface area (Å²) in [4.78, 5) is 34.7. The fraction of sp³-hybridized carbons (Fsp3) is 0.211. The fourth-order valence-electron chi connectivity index (χ4n) is 2.01. The molecule has 0 saturated heterocycles. The molecule has 2 rings (SSSR count). The normalized spacial score (nSPS) is 11.3. The Kier molecular flexibility index (Phi) is 6.28. The van der Waals surface area contributed by atoms with Gasteiger partial charge in [-0.2, -0.15) is 0 Å². The molecule has 0 aliphatic carbocycles. The van der Waals surface area contributed by atoms with E-state index in [1.807, 2.05) is 19.1 Å². The maximum Gasteiger partial charge on any atom is 0.344 e. The molecule has 0 spiro atoms. The predicted octanol–water partition coefficient (Wildman–Crippen LogP) is 2.76. The number of hydrogen-bond donors (Lipinski definition) is 1. The molecule has 6 nitrogen and oxygen atoms in total. The minimum Gasteiger partial charge on any atom is -0.481 e. The lowest BCUT2D eigenvalue weighted by molar-refractivity contribution is -0.155. The summed E-state index contributed by atoms with van der Waals surface area (Å²) in [6.07, 6.45) is -0.336. The number of esters is 1. The van der Waals surface area contributed by atoms with Crippen LogP contribution in [-0.4, -0.2) is 30.9 Å². The number of para-hydroxylation sites is 1. The van der Waals surface area contributed by atoms with Gasteiger partial charge in [-0.15, -0.1) is 0 Å². The number of rotatable bonds is 7. The summed E-state index contributed by atoms with van der Waals surface area (Å²) in [5, 5.41) is 2.66. The maximum absolute atomic E-state index is 12.0. The molecule has 0 unspecified atom stereocenters. The Morgan fingerprint density at radius 1 is 1.12 bits per heavy atom. The van der Waals surface area contributed by atoms with Crippen LogP contribution in [0.5, 0.6) is 5.75 Å². The summed E-state index contributed by atoms with van der Waals surface area (Å²) in [7, 11) is 0. The molecule has 0 radical (unpaired) electrons. The third-order valence-electron chi connectivity index (χ3n) is 3.39. The van der Waals surface area contributed by atoms with Crippen molar-refractivity contribution in [3.8, 4) is 5.75 Å². The van der Waals surface area contributed by atoms with E-state index < -0.39 is 24.6 Å². The molecule has 1 amide bonds. The lowest BCUT2D eigenvalue weighted by Gasteiger charge is -2.14. The van der Waals surface area contributed by atoms with Crippen molar-refractivity contribution in [2.45, 2.75) is 20.0 Å². The van der Waals surface area contributed by atoms with E-state index in [2.05, 4.69) is 5.32 Å². The first kappa shape index (κ1) is 18.2. The topological polar surface area (TPSA) is 81.7 Å². The second kappa shape index (κ2) is 8.63. The third kappa shape index (κ3) is 5.46. The second-order valence-corrected chi connectivity index (χ2v) is 5.43. The van der Waals surface area contributed by atoms with Crippen LogP contribution < -0.4 is 10.1 Å². The molecule has 0 saturated carbocycles. The maximum atomic E-state index is 12.0. The molecule has 6 heteroatoms.